The Labute approximate surface area is 70.5 Å². The first-order valence-corrected chi connectivity index (χ1v) is 4.93. The van der Waals surface area contributed by atoms with Crippen LogP contribution in [-0.2, 0) is 0 Å². The molecule has 0 heterocycles. The Morgan fingerprint density at radius 1 is 1.20 bits per heavy atom. The molecule has 0 spiro atoms. The van der Waals surface area contributed by atoms with E-state index >= 15 is 0 Å². The fourth-order valence-corrected chi connectivity index (χ4v) is 2.16. The third kappa shape index (κ3) is 2.56. The summed E-state index contributed by atoms with van der Waals surface area (Å²) in [7, 11) is 0. The third-order valence-corrected chi connectivity index (χ3v) is 2.76. The molecule has 52 valence electrons. The van der Waals surface area contributed by atoms with Gasteiger partial charge in [0.2, 0.25) is 0 Å². The maximum atomic E-state index is 2.28. The van der Waals surface area contributed by atoms with Crippen molar-refractivity contribution >= 4 is 19.6 Å². The molecule has 0 aliphatic rings. The van der Waals surface area contributed by atoms with Crippen LogP contribution in [0.3, 0.4) is 0 Å². The summed E-state index contributed by atoms with van der Waals surface area (Å²) in [6.07, 6.45) is 0. The molecule has 0 fully saturated rings. The normalized spacial score (nSPS) is 9.50. The van der Waals surface area contributed by atoms with Crippen LogP contribution in [0, 0.1) is 0 Å². The van der Waals surface area contributed by atoms with Crippen molar-refractivity contribution < 1.29 is 1.43 Å². The Balaban J connectivity index is 0.000001000. The Bertz CT molecular complexity index is 184. The van der Waals surface area contributed by atoms with Crippen LogP contribution in [0.1, 0.15) is 15.3 Å². The molecule has 1 aromatic carbocycles. The van der Waals surface area contributed by atoms with Crippen LogP contribution in [0.5, 0.6) is 0 Å². The van der Waals surface area contributed by atoms with Crippen molar-refractivity contribution in [3.63, 3.8) is 0 Å². The van der Waals surface area contributed by atoms with Crippen LogP contribution in [-0.4, -0.2) is 15.2 Å². The summed E-state index contributed by atoms with van der Waals surface area (Å²) < 4.78 is 2.37. The van der Waals surface area contributed by atoms with Gasteiger partial charge < -0.3 is 1.43 Å². The molecule has 0 radical (unpaired) electrons. The second kappa shape index (κ2) is 3.81. The zero-order valence-corrected chi connectivity index (χ0v) is 7.70. The minimum absolute atomic E-state index is 0. The van der Waals surface area contributed by atoms with Crippen LogP contribution in [0.15, 0.2) is 30.3 Å². The summed E-state index contributed by atoms with van der Waals surface area (Å²) in [5.74, 6) is 0. The molecular formula is C9H13Al. The molecule has 0 saturated carbocycles. The quantitative estimate of drug-likeness (QED) is 0.562. The van der Waals surface area contributed by atoms with Gasteiger partial charge in [-0.25, -0.2) is 0 Å². The average molecular weight is 148 g/mol. The van der Waals surface area contributed by atoms with Crippen molar-refractivity contribution in [2.45, 2.75) is 18.6 Å². The predicted octanol–water partition coefficient (Wildman–Crippen LogP) is 1.96. The molecule has 1 rings (SSSR count). The molecule has 0 N–H and O–H groups in total. The van der Waals surface area contributed by atoms with E-state index in [0.29, 0.717) is 15.2 Å². The number of hydrogen-bond acceptors (Lipinski definition) is 0. The smallest absolute Gasteiger partial charge is 1.00 e. The fourth-order valence-electron chi connectivity index (χ4n) is 0.949. The average Bonchev–Trinajstić information content (AvgIpc) is 1.88. The minimum atomic E-state index is 0. The largest absolute Gasteiger partial charge is 1.00 e. The first kappa shape index (κ1) is 7.86. The molecule has 10 heavy (non-hydrogen) atoms. The van der Waals surface area contributed by atoms with Crippen LogP contribution < -0.4 is 4.43 Å². The summed E-state index contributed by atoms with van der Waals surface area (Å²) in [4.78, 5) is 0. The predicted molar refractivity (Wildman–Crippen MR) is 48.0 cm³/mol. The molecule has 0 atom stereocenters. The molecule has 0 nitrogen and oxygen atoms in total. The molecule has 0 aromatic heterocycles. The van der Waals surface area contributed by atoms with Gasteiger partial charge in [0, 0.05) is 0 Å². The number of benzene rings is 1. The third-order valence-electron chi connectivity index (χ3n) is 1.33. The van der Waals surface area contributed by atoms with E-state index in [1.165, 1.54) is 4.43 Å². The standard InChI is InChI=1S/C6H5.C3H7.Al.H/c1-2-4-6-5-3-1;1-3-2;;/h1-5H;3H,1-2H3;;/q;;+1;-1. The van der Waals surface area contributed by atoms with Gasteiger partial charge in [-0.3, -0.25) is 0 Å². The van der Waals surface area contributed by atoms with E-state index in [1.807, 2.05) is 0 Å². The van der Waals surface area contributed by atoms with Gasteiger partial charge in [0.1, 0.15) is 0 Å². The topological polar surface area (TPSA) is 0 Å². The molecular weight excluding hydrogens is 135 g/mol. The van der Waals surface area contributed by atoms with Gasteiger partial charge in [-0.2, -0.15) is 0 Å². The van der Waals surface area contributed by atoms with Crippen LogP contribution in [0.2, 0.25) is 4.78 Å². The summed E-state index contributed by atoms with van der Waals surface area (Å²) in [6.45, 7) is 4.56. The van der Waals surface area contributed by atoms with Crippen LogP contribution in [0.4, 0.5) is 0 Å². The number of hydrogen-bond donors (Lipinski definition) is 0. The van der Waals surface area contributed by atoms with Gasteiger partial charge in [0.15, 0.2) is 0 Å². The maximum Gasteiger partial charge on any atom is -1.00 e. The second-order valence-corrected chi connectivity index (χ2v) is 5.15. The molecule has 0 amide bonds. The molecule has 1 aromatic rings. The summed E-state index contributed by atoms with van der Waals surface area (Å²) in [6, 6.07) is 10.7. The van der Waals surface area contributed by atoms with E-state index in [0.717, 1.165) is 4.78 Å². The molecule has 0 unspecified atom stereocenters. The van der Waals surface area contributed by atoms with E-state index in [-0.39, 0.29) is 1.43 Å². The van der Waals surface area contributed by atoms with Gasteiger partial charge >= 0.3 is 68.6 Å². The van der Waals surface area contributed by atoms with Crippen LogP contribution in [0.25, 0.3) is 0 Å². The van der Waals surface area contributed by atoms with Gasteiger partial charge in [0.25, 0.3) is 0 Å². The monoisotopic (exact) mass is 148 g/mol. The zero-order chi connectivity index (χ0) is 7.40. The second-order valence-electron chi connectivity index (χ2n) is 2.82. The van der Waals surface area contributed by atoms with Crippen LogP contribution >= 0.6 is 0 Å². The van der Waals surface area contributed by atoms with Crippen molar-refractivity contribution in [2.24, 2.45) is 0 Å². The van der Waals surface area contributed by atoms with E-state index in [4.69, 9.17) is 0 Å². The molecule has 0 bridgehead atoms. The van der Waals surface area contributed by atoms with Crippen molar-refractivity contribution in [2.75, 3.05) is 0 Å². The first-order chi connectivity index (χ1) is 4.79. The summed E-state index contributed by atoms with van der Waals surface area (Å²) >= 11 is 0.492. The van der Waals surface area contributed by atoms with Gasteiger partial charge in [-0.1, -0.05) is 0 Å². The molecule has 0 aliphatic heterocycles. The maximum absolute atomic E-state index is 2.28. The Morgan fingerprint density at radius 3 is 2.30 bits per heavy atom. The first-order valence-electron chi connectivity index (χ1n) is 3.69. The Hall–Kier alpha value is -0.248. The van der Waals surface area contributed by atoms with Crippen molar-refractivity contribution in [3.05, 3.63) is 30.3 Å². The summed E-state index contributed by atoms with van der Waals surface area (Å²) in [5, 5.41) is 0. The summed E-state index contributed by atoms with van der Waals surface area (Å²) in [5.41, 5.74) is 0. The number of rotatable bonds is 2. The van der Waals surface area contributed by atoms with E-state index < -0.39 is 0 Å². The molecule has 0 saturated heterocycles. The van der Waals surface area contributed by atoms with Gasteiger partial charge in [-0.15, -0.1) is 0 Å². The van der Waals surface area contributed by atoms with Gasteiger partial charge in [0.05, 0.1) is 0 Å². The SMILES string of the molecule is C[CH](C)[Al+][c]1ccccc1.[H-]. The zero-order valence-electron chi connectivity index (χ0n) is 7.54. The van der Waals surface area contributed by atoms with Gasteiger partial charge in [-0.05, 0) is 0 Å². The van der Waals surface area contributed by atoms with Crippen molar-refractivity contribution in [1.29, 1.82) is 0 Å². The molecule has 1 heteroatoms. The van der Waals surface area contributed by atoms with Crippen molar-refractivity contribution in [1.82, 2.24) is 0 Å². The minimum Gasteiger partial charge on any atom is -1.00 e. The van der Waals surface area contributed by atoms with Crippen molar-refractivity contribution in [3.8, 4) is 0 Å². The fraction of sp³-hybridized carbons (Fsp3) is 0.333. The Kier molecular flexibility index (Phi) is 2.99. The van der Waals surface area contributed by atoms with E-state index in [1.54, 1.807) is 0 Å². The molecule has 0 aliphatic carbocycles. The van der Waals surface area contributed by atoms with E-state index in [2.05, 4.69) is 44.2 Å². The Morgan fingerprint density at radius 2 is 1.80 bits per heavy atom. The van der Waals surface area contributed by atoms with E-state index in [9.17, 15) is 0 Å².